The fraction of sp³-hybridized carbons (Fsp3) is 0.647. The Hall–Kier alpha value is -1.62. The summed E-state index contributed by atoms with van der Waals surface area (Å²) in [6.45, 7) is 10.2. The van der Waals surface area contributed by atoms with Crippen molar-refractivity contribution in [3.8, 4) is 0 Å². The summed E-state index contributed by atoms with van der Waals surface area (Å²) in [6.07, 6.45) is 4.42. The molecule has 2 N–H and O–H groups in total. The van der Waals surface area contributed by atoms with E-state index >= 15 is 0 Å². The second-order valence-electron chi connectivity index (χ2n) is 6.46. The molecule has 124 valence electrons. The molecule has 5 nitrogen and oxygen atoms in total. The molecule has 0 aliphatic heterocycles. The van der Waals surface area contributed by atoms with Crippen molar-refractivity contribution in [2.75, 3.05) is 19.6 Å². The van der Waals surface area contributed by atoms with Crippen LogP contribution in [0.25, 0.3) is 0 Å². The maximum Gasteiger partial charge on any atom is 0.407 e. The first kappa shape index (κ1) is 18.4. The Morgan fingerprint density at radius 2 is 1.95 bits per heavy atom. The van der Waals surface area contributed by atoms with E-state index in [-0.39, 0.29) is 6.09 Å². The summed E-state index contributed by atoms with van der Waals surface area (Å²) in [4.78, 5) is 15.8. The van der Waals surface area contributed by atoms with Gasteiger partial charge < -0.3 is 15.4 Å². The van der Waals surface area contributed by atoms with Gasteiger partial charge >= 0.3 is 6.09 Å². The van der Waals surface area contributed by atoms with Crippen LogP contribution in [0.2, 0.25) is 0 Å². The third-order valence-corrected chi connectivity index (χ3v) is 2.98. The van der Waals surface area contributed by atoms with E-state index in [0.717, 1.165) is 38.0 Å². The summed E-state index contributed by atoms with van der Waals surface area (Å²) < 4.78 is 5.17. The molecule has 1 aromatic heterocycles. The molecule has 1 amide bonds. The topological polar surface area (TPSA) is 63.2 Å². The van der Waals surface area contributed by atoms with Gasteiger partial charge in [0.2, 0.25) is 0 Å². The molecule has 0 atom stereocenters. The molecule has 0 bridgehead atoms. The number of aromatic nitrogens is 1. The number of amides is 1. The largest absolute Gasteiger partial charge is 0.444 e. The number of aryl methyl sites for hydroxylation is 1. The molecular formula is C17H29N3O2. The third kappa shape index (κ3) is 9.34. The minimum atomic E-state index is -0.435. The number of nitrogens with one attached hydrogen (secondary N) is 2. The number of nitrogens with zero attached hydrogens (tertiary/aromatic N) is 1. The van der Waals surface area contributed by atoms with Crippen molar-refractivity contribution >= 4 is 6.09 Å². The average molecular weight is 307 g/mol. The Morgan fingerprint density at radius 1 is 1.23 bits per heavy atom. The van der Waals surface area contributed by atoms with Crippen LogP contribution in [0, 0.1) is 6.92 Å². The van der Waals surface area contributed by atoms with Gasteiger partial charge in [0, 0.05) is 31.4 Å². The van der Waals surface area contributed by atoms with Crippen molar-refractivity contribution in [1.29, 1.82) is 0 Å². The lowest BCUT2D eigenvalue weighted by Crippen LogP contribution is -2.33. The molecule has 1 heterocycles. The fourth-order valence-electron chi connectivity index (χ4n) is 1.96. The van der Waals surface area contributed by atoms with Gasteiger partial charge in [0.25, 0.3) is 0 Å². The van der Waals surface area contributed by atoms with Gasteiger partial charge in [-0.2, -0.15) is 0 Å². The van der Waals surface area contributed by atoms with Crippen LogP contribution >= 0.6 is 0 Å². The average Bonchev–Trinajstić information content (AvgIpc) is 2.40. The monoisotopic (exact) mass is 307 g/mol. The van der Waals surface area contributed by atoms with Crippen molar-refractivity contribution in [2.45, 2.75) is 52.6 Å². The van der Waals surface area contributed by atoms with E-state index in [1.165, 1.54) is 5.56 Å². The zero-order valence-electron chi connectivity index (χ0n) is 14.2. The summed E-state index contributed by atoms with van der Waals surface area (Å²) in [7, 11) is 0. The maximum absolute atomic E-state index is 11.4. The third-order valence-electron chi connectivity index (χ3n) is 2.98. The molecule has 0 radical (unpaired) electrons. The van der Waals surface area contributed by atoms with E-state index in [0.29, 0.717) is 6.54 Å². The molecule has 1 rings (SSSR count). The van der Waals surface area contributed by atoms with Crippen LogP contribution in [-0.2, 0) is 11.2 Å². The molecule has 5 heteroatoms. The van der Waals surface area contributed by atoms with Gasteiger partial charge in [-0.15, -0.1) is 0 Å². The number of ether oxygens (including phenoxy) is 1. The standard InChI is InChI=1S/C17H29N3O2/c1-14-7-12-19-15(13-14)8-11-18-9-5-6-10-20-16(21)22-17(2,3)4/h7,12-13,18H,5-6,8-11H2,1-4H3,(H,20,21). The minimum absolute atomic E-state index is 0.342. The van der Waals surface area contributed by atoms with Crippen molar-refractivity contribution in [2.24, 2.45) is 0 Å². The first-order chi connectivity index (χ1) is 10.4. The summed E-state index contributed by atoms with van der Waals surface area (Å²) in [5, 5.41) is 6.16. The Balaban J connectivity index is 1.97. The molecule has 0 saturated carbocycles. The number of hydrogen-bond donors (Lipinski definition) is 2. The molecule has 0 aliphatic carbocycles. The van der Waals surface area contributed by atoms with E-state index in [1.54, 1.807) is 0 Å². The molecule has 0 aliphatic rings. The van der Waals surface area contributed by atoms with Crippen LogP contribution in [0.3, 0.4) is 0 Å². The number of hydrogen-bond acceptors (Lipinski definition) is 4. The van der Waals surface area contributed by atoms with E-state index in [2.05, 4.69) is 28.6 Å². The van der Waals surface area contributed by atoms with E-state index in [9.17, 15) is 4.79 Å². The summed E-state index contributed by atoms with van der Waals surface area (Å²) in [5.41, 5.74) is 1.94. The van der Waals surface area contributed by atoms with Crippen LogP contribution in [0.5, 0.6) is 0 Å². The number of pyridine rings is 1. The van der Waals surface area contributed by atoms with Gasteiger partial charge in [0.15, 0.2) is 0 Å². The highest BCUT2D eigenvalue weighted by Gasteiger charge is 2.15. The van der Waals surface area contributed by atoms with Crippen molar-refractivity contribution in [1.82, 2.24) is 15.6 Å². The lowest BCUT2D eigenvalue weighted by atomic mass is 10.2. The summed E-state index contributed by atoms with van der Waals surface area (Å²) in [5.74, 6) is 0. The first-order valence-electron chi connectivity index (χ1n) is 7.96. The number of carbonyl (C=O) groups excluding carboxylic acids is 1. The Morgan fingerprint density at radius 3 is 2.64 bits per heavy atom. The number of rotatable bonds is 8. The lowest BCUT2D eigenvalue weighted by molar-refractivity contribution is 0.0527. The predicted molar refractivity (Wildman–Crippen MR) is 89.0 cm³/mol. The first-order valence-corrected chi connectivity index (χ1v) is 7.96. The Labute approximate surface area is 133 Å². The zero-order valence-corrected chi connectivity index (χ0v) is 14.2. The molecule has 0 unspecified atom stereocenters. The van der Waals surface area contributed by atoms with Crippen LogP contribution in [0.15, 0.2) is 18.3 Å². The number of unbranched alkanes of at least 4 members (excludes halogenated alkanes) is 1. The fourth-order valence-corrected chi connectivity index (χ4v) is 1.96. The molecule has 0 saturated heterocycles. The van der Waals surface area contributed by atoms with Crippen molar-refractivity contribution in [3.63, 3.8) is 0 Å². The second-order valence-corrected chi connectivity index (χ2v) is 6.46. The smallest absolute Gasteiger partial charge is 0.407 e. The van der Waals surface area contributed by atoms with Crippen LogP contribution in [-0.4, -0.2) is 36.3 Å². The Bertz CT molecular complexity index is 455. The zero-order chi connectivity index (χ0) is 16.4. The van der Waals surface area contributed by atoms with Gasteiger partial charge in [0.05, 0.1) is 0 Å². The summed E-state index contributed by atoms with van der Waals surface area (Å²) in [6, 6.07) is 4.13. The van der Waals surface area contributed by atoms with Gasteiger partial charge in [-0.05, 0) is 64.8 Å². The van der Waals surface area contributed by atoms with E-state index in [1.807, 2.05) is 33.0 Å². The molecule has 0 aromatic carbocycles. The van der Waals surface area contributed by atoms with Gasteiger partial charge in [-0.1, -0.05) is 0 Å². The normalized spacial score (nSPS) is 11.3. The Kier molecular flexibility index (Phi) is 7.88. The van der Waals surface area contributed by atoms with Crippen molar-refractivity contribution in [3.05, 3.63) is 29.6 Å². The van der Waals surface area contributed by atoms with Crippen LogP contribution in [0.4, 0.5) is 4.79 Å². The van der Waals surface area contributed by atoms with E-state index in [4.69, 9.17) is 4.74 Å². The quantitative estimate of drug-likeness (QED) is 0.725. The second kappa shape index (κ2) is 9.41. The number of carbonyl (C=O) groups is 1. The molecule has 22 heavy (non-hydrogen) atoms. The maximum atomic E-state index is 11.4. The highest BCUT2D eigenvalue weighted by molar-refractivity contribution is 5.67. The highest BCUT2D eigenvalue weighted by Crippen LogP contribution is 2.06. The minimum Gasteiger partial charge on any atom is -0.444 e. The summed E-state index contributed by atoms with van der Waals surface area (Å²) >= 11 is 0. The number of alkyl carbamates (subject to hydrolysis) is 1. The predicted octanol–water partition coefficient (Wildman–Crippen LogP) is 2.83. The van der Waals surface area contributed by atoms with Gasteiger partial charge in [-0.25, -0.2) is 4.79 Å². The molecule has 0 fully saturated rings. The van der Waals surface area contributed by atoms with E-state index < -0.39 is 5.60 Å². The van der Waals surface area contributed by atoms with Crippen LogP contribution < -0.4 is 10.6 Å². The molecule has 0 spiro atoms. The molecule has 1 aromatic rings. The van der Waals surface area contributed by atoms with Gasteiger partial charge in [-0.3, -0.25) is 4.98 Å². The van der Waals surface area contributed by atoms with Crippen molar-refractivity contribution < 1.29 is 9.53 Å². The van der Waals surface area contributed by atoms with Gasteiger partial charge in [0.1, 0.15) is 5.60 Å². The SMILES string of the molecule is Cc1ccnc(CCNCCCCNC(=O)OC(C)(C)C)c1. The molecular weight excluding hydrogens is 278 g/mol. The lowest BCUT2D eigenvalue weighted by Gasteiger charge is -2.19. The highest BCUT2D eigenvalue weighted by atomic mass is 16.6. The van der Waals surface area contributed by atoms with Crippen LogP contribution in [0.1, 0.15) is 44.9 Å².